The van der Waals surface area contributed by atoms with Crippen molar-refractivity contribution < 1.29 is 18.7 Å². The highest BCUT2D eigenvalue weighted by molar-refractivity contribution is 6.30. The van der Waals surface area contributed by atoms with E-state index in [1.807, 2.05) is 0 Å². The van der Waals surface area contributed by atoms with Crippen LogP contribution in [0.15, 0.2) is 18.2 Å². The SMILES string of the molecule is NCC(C(=O)O)c1cc(Cl)ccc1C(F)F. The molecule has 88 valence electrons. The molecule has 1 aromatic rings. The van der Waals surface area contributed by atoms with Gasteiger partial charge in [0.15, 0.2) is 0 Å². The van der Waals surface area contributed by atoms with Crippen LogP contribution in [0.3, 0.4) is 0 Å². The van der Waals surface area contributed by atoms with Crippen molar-refractivity contribution in [3.05, 3.63) is 34.3 Å². The molecule has 16 heavy (non-hydrogen) atoms. The number of hydrogen-bond acceptors (Lipinski definition) is 2. The highest BCUT2D eigenvalue weighted by Gasteiger charge is 2.24. The van der Waals surface area contributed by atoms with Gasteiger partial charge in [-0.25, -0.2) is 8.78 Å². The number of rotatable bonds is 4. The van der Waals surface area contributed by atoms with Gasteiger partial charge >= 0.3 is 5.97 Å². The maximum absolute atomic E-state index is 12.6. The molecule has 0 aliphatic carbocycles. The van der Waals surface area contributed by atoms with Gasteiger partial charge in [0.2, 0.25) is 0 Å². The van der Waals surface area contributed by atoms with Gasteiger partial charge in [-0.05, 0) is 17.7 Å². The fraction of sp³-hybridized carbons (Fsp3) is 0.300. The summed E-state index contributed by atoms with van der Waals surface area (Å²) in [5.74, 6) is -2.41. The molecule has 1 unspecified atom stereocenters. The highest BCUT2D eigenvalue weighted by atomic mass is 35.5. The van der Waals surface area contributed by atoms with Gasteiger partial charge in [0, 0.05) is 17.1 Å². The van der Waals surface area contributed by atoms with Crippen LogP contribution in [0, 0.1) is 0 Å². The van der Waals surface area contributed by atoms with Crippen molar-refractivity contribution in [2.45, 2.75) is 12.3 Å². The lowest BCUT2D eigenvalue weighted by Crippen LogP contribution is -2.22. The number of carboxylic acids is 1. The number of carbonyl (C=O) groups is 1. The van der Waals surface area contributed by atoms with E-state index in [0.29, 0.717) is 0 Å². The minimum Gasteiger partial charge on any atom is -0.481 e. The zero-order valence-corrected chi connectivity index (χ0v) is 8.92. The molecule has 0 aromatic heterocycles. The number of hydrogen-bond donors (Lipinski definition) is 2. The smallest absolute Gasteiger partial charge is 0.312 e. The lowest BCUT2D eigenvalue weighted by Gasteiger charge is -2.15. The number of benzene rings is 1. The summed E-state index contributed by atoms with van der Waals surface area (Å²) in [4.78, 5) is 10.8. The summed E-state index contributed by atoms with van der Waals surface area (Å²) >= 11 is 5.65. The monoisotopic (exact) mass is 249 g/mol. The van der Waals surface area contributed by atoms with Gasteiger partial charge in [-0.1, -0.05) is 17.7 Å². The van der Waals surface area contributed by atoms with Crippen LogP contribution in [0.2, 0.25) is 5.02 Å². The molecule has 0 spiro atoms. The molecular weight excluding hydrogens is 240 g/mol. The zero-order chi connectivity index (χ0) is 12.3. The first kappa shape index (κ1) is 12.9. The topological polar surface area (TPSA) is 63.3 Å². The molecule has 3 N–H and O–H groups in total. The Morgan fingerprint density at radius 3 is 2.50 bits per heavy atom. The van der Waals surface area contributed by atoms with Crippen molar-refractivity contribution in [2.24, 2.45) is 5.73 Å². The lowest BCUT2D eigenvalue weighted by atomic mass is 9.94. The highest BCUT2D eigenvalue weighted by Crippen LogP contribution is 2.30. The number of aliphatic carboxylic acids is 1. The molecule has 0 amide bonds. The maximum atomic E-state index is 12.6. The van der Waals surface area contributed by atoms with Gasteiger partial charge in [-0.15, -0.1) is 0 Å². The van der Waals surface area contributed by atoms with Gasteiger partial charge in [0.25, 0.3) is 6.43 Å². The van der Waals surface area contributed by atoms with E-state index < -0.39 is 18.3 Å². The molecule has 0 heterocycles. The Hall–Kier alpha value is -1.20. The summed E-state index contributed by atoms with van der Waals surface area (Å²) in [6, 6.07) is 3.63. The van der Waals surface area contributed by atoms with E-state index in [9.17, 15) is 13.6 Å². The number of alkyl halides is 2. The Morgan fingerprint density at radius 1 is 1.44 bits per heavy atom. The standard InChI is InChI=1S/C10H10ClF2NO2/c11-5-1-2-6(9(12)13)7(3-5)8(4-14)10(15)16/h1-3,8-9H,4,14H2,(H,15,16). The largest absolute Gasteiger partial charge is 0.481 e. The summed E-state index contributed by atoms with van der Waals surface area (Å²) in [6.45, 7) is -0.255. The molecule has 0 radical (unpaired) electrons. The van der Waals surface area contributed by atoms with Crippen LogP contribution in [-0.2, 0) is 4.79 Å². The van der Waals surface area contributed by atoms with Gasteiger partial charge < -0.3 is 10.8 Å². The van der Waals surface area contributed by atoms with Gasteiger partial charge in [-0.3, -0.25) is 4.79 Å². The maximum Gasteiger partial charge on any atom is 0.312 e. The third kappa shape index (κ3) is 2.68. The molecule has 1 aromatic carbocycles. The summed E-state index contributed by atoms with van der Waals surface area (Å²) < 4.78 is 25.3. The third-order valence-corrected chi connectivity index (χ3v) is 2.43. The van der Waals surface area contributed by atoms with E-state index in [4.69, 9.17) is 22.4 Å². The average Bonchev–Trinajstić information content (AvgIpc) is 2.17. The minimum absolute atomic E-state index is 0.0301. The van der Waals surface area contributed by atoms with E-state index >= 15 is 0 Å². The first-order valence-electron chi connectivity index (χ1n) is 4.47. The van der Waals surface area contributed by atoms with Crippen LogP contribution in [0.4, 0.5) is 8.78 Å². The molecule has 0 fully saturated rings. The zero-order valence-electron chi connectivity index (χ0n) is 8.16. The Bertz CT molecular complexity index is 398. The predicted octanol–water partition coefficient (Wildman–Crippen LogP) is 2.40. The fourth-order valence-corrected chi connectivity index (χ4v) is 1.59. The molecule has 1 rings (SSSR count). The van der Waals surface area contributed by atoms with Crippen molar-refractivity contribution in [1.29, 1.82) is 0 Å². The van der Waals surface area contributed by atoms with Crippen LogP contribution >= 0.6 is 11.6 Å². The van der Waals surface area contributed by atoms with Crippen molar-refractivity contribution in [3.8, 4) is 0 Å². The third-order valence-electron chi connectivity index (χ3n) is 2.19. The summed E-state index contributed by atoms with van der Waals surface area (Å²) in [5, 5.41) is 9.06. The first-order valence-corrected chi connectivity index (χ1v) is 4.85. The van der Waals surface area contributed by atoms with Crippen LogP contribution in [0.1, 0.15) is 23.5 Å². The Morgan fingerprint density at radius 2 is 2.06 bits per heavy atom. The van der Waals surface area contributed by atoms with E-state index in [1.165, 1.54) is 12.1 Å². The number of carboxylic acid groups (broad SMARTS) is 1. The van der Waals surface area contributed by atoms with E-state index in [2.05, 4.69) is 0 Å². The van der Waals surface area contributed by atoms with Crippen molar-refractivity contribution in [1.82, 2.24) is 0 Å². The lowest BCUT2D eigenvalue weighted by molar-refractivity contribution is -0.138. The second kappa shape index (κ2) is 5.23. The summed E-state index contributed by atoms with van der Waals surface area (Å²) in [5.41, 5.74) is 4.88. The van der Waals surface area contributed by atoms with Crippen LogP contribution in [0.5, 0.6) is 0 Å². The second-order valence-corrected chi connectivity index (χ2v) is 3.64. The van der Waals surface area contributed by atoms with E-state index in [0.717, 1.165) is 6.07 Å². The van der Waals surface area contributed by atoms with Gasteiger partial charge in [0.05, 0.1) is 5.92 Å². The average molecular weight is 250 g/mol. The quantitative estimate of drug-likeness (QED) is 0.861. The van der Waals surface area contributed by atoms with Crippen LogP contribution in [-0.4, -0.2) is 17.6 Å². The van der Waals surface area contributed by atoms with Crippen molar-refractivity contribution in [2.75, 3.05) is 6.54 Å². The molecule has 0 saturated heterocycles. The molecule has 6 heteroatoms. The summed E-state index contributed by atoms with van der Waals surface area (Å²) in [6.07, 6.45) is -2.75. The van der Waals surface area contributed by atoms with Crippen LogP contribution in [0.25, 0.3) is 0 Å². The minimum atomic E-state index is -2.75. The first-order chi connectivity index (χ1) is 7.47. The van der Waals surface area contributed by atoms with Gasteiger partial charge in [-0.2, -0.15) is 0 Å². The molecule has 0 saturated carbocycles. The Balaban J connectivity index is 3.27. The molecule has 1 atom stereocenters. The molecule has 0 bridgehead atoms. The van der Waals surface area contributed by atoms with Crippen molar-refractivity contribution >= 4 is 17.6 Å². The Labute approximate surface area is 95.8 Å². The molecule has 0 aliphatic heterocycles. The fourth-order valence-electron chi connectivity index (χ4n) is 1.41. The molecule has 3 nitrogen and oxygen atoms in total. The second-order valence-electron chi connectivity index (χ2n) is 3.20. The number of nitrogens with two attached hydrogens (primary N) is 1. The summed E-state index contributed by atoms with van der Waals surface area (Å²) in [7, 11) is 0. The predicted molar refractivity (Wildman–Crippen MR) is 55.8 cm³/mol. The Kier molecular flexibility index (Phi) is 4.20. The van der Waals surface area contributed by atoms with Crippen molar-refractivity contribution in [3.63, 3.8) is 0 Å². The number of halogens is 3. The van der Waals surface area contributed by atoms with Crippen LogP contribution < -0.4 is 5.73 Å². The normalized spacial score (nSPS) is 12.8. The molecular formula is C10H10ClF2NO2. The molecule has 0 aliphatic rings. The van der Waals surface area contributed by atoms with E-state index in [-0.39, 0.29) is 22.7 Å². The van der Waals surface area contributed by atoms with E-state index in [1.54, 1.807) is 0 Å². The van der Waals surface area contributed by atoms with Gasteiger partial charge in [0.1, 0.15) is 0 Å².